The summed E-state index contributed by atoms with van der Waals surface area (Å²) >= 11 is 1.69. The van der Waals surface area contributed by atoms with Crippen LogP contribution in [0.3, 0.4) is 0 Å². The number of hydrogen-bond donors (Lipinski definition) is 2. The molecule has 1 aromatic carbocycles. The maximum absolute atomic E-state index is 12.5. The maximum atomic E-state index is 12.5. The van der Waals surface area contributed by atoms with Gasteiger partial charge in [0.2, 0.25) is 5.91 Å². The second-order valence-electron chi connectivity index (χ2n) is 5.73. The standard InChI is InChI=1S/C17H20N2OS/c18-17(9-2-1-3-10-17)16(20)19-14-7-4-6-13(12-14)15-8-5-11-21-15/h4-8,11-12H,1-3,9-10,18H2,(H,19,20). The van der Waals surface area contributed by atoms with Crippen LogP contribution in [0.5, 0.6) is 0 Å². The van der Waals surface area contributed by atoms with Crippen molar-refractivity contribution in [2.75, 3.05) is 5.32 Å². The summed E-state index contributed by atoms with van der Waals surface area (Å²) < 4.78 is 0. The monoisotopic (exact) mass is 300 g/mol. The highest BCUT2D eigenvalue weighted by molar-refractivity contribution is 7.13. The molecule has 1 aliphatic carbocycles. The van der Waals surface area contributed by atoms with Gasteiger partial charge in [-0.1, -0.05) is 37.5 Å². The van der Waals surface area contributed by atoms with Crippen LogP contribution in [0.15, 0.2) is 41.8 Å². The van der Waals surface area contributed by atoms with Gasteiger partial charge in [-0.05, 0) is 42.0 Å². The van der Waals surface area contributed by atoms with Crippen LogP contribution in [0.25, 0.3) is 10.4 Å². The average Bonchev–Trinajstić information content (AvgIpc) is 3.02. The lowest BCUT2D eigenvalue weighted by atomic mass is 9.82. The minimum Gasteiger partial charge on any atom is -0.324 e. The van der Waals surface area contributed by atoms with Gasteiger partial charge in [0, 0.05) is 10.6 Å². The minimum absolute atomic E-state index is 0.0504. The van der Waals surface area contributed by atoms with Gasteiger partial charge in [0.1, 0.15) is 0 Å². The molecule has 21 heavy (non-hydrogen) atoms. The van der Waals surface area contributed by atoms with Crippen molar-refractivity contribution in [3.8, 4) is 10.4 Å². The van der Waals surface area contributed by atoms with Gasteiger partial charge < -0.3 is 11.1 Å². The van der Waals surface area contributed by atoms with Gasteiger partial charge in [0.15, 0.2) is 0 Å². The zero-order valence-corrected chi connectivity index (χ0v) is 12.8. The van der Waals surface area contributed by atoms with E-state index in [2.05, 4.69) is 22.8 Å². The predicted molar refractivity (Wildman–Crippen MR) is 88.4 cm³/mol. The Bertz CT molecular complexity index is 615. The van der Waals surface area contributed by atoms with E-state index >= 15 is 0 Å². The fourth-order valence-corrected chi connectivity index (χ4v) is 3.58. The molecule has 2 aromatic rings. The van der Waals surface area contributed by atoms with Crippen molar-refractivity contribution >= 4 is 22.9 Å². The first-order chi connectivity index (χ1) is 10.2. The molecule has 1 aliphatic rings. The molecule has 1 saturated carbocycles. The lowest BCUT2D eigenvalue weighted by Crippen LogP contribution is -2.52. The van der Waals surface area contributed by atoms with Crippen LogP contribution >= 0.6 is 11.3 Å². The largest absolute Gasteiger partial charge is 0.324 e. The highest BCUT2D eigenvalue weighted by Gasteiger charge is 2.35. The zero-order chi connectivity index (χ0) is 14.7. The topological polar surface area (TPSA) is 55.1 Å². The van der Waals surface area contributed by atoms with Gasteiger partial charge >= 0.3 is 0 Å². The molecule has 110 valence electrons. The SMILES string of the molecule is NC1(C(=O)Nc2cccc(-c3cccs3)c2)CCCCC1. The number of anilines is 1. The van der Waals surface area contributed by atoms with Crippen LogP contribution in [0, 0.1) is 0 Å². The molecule has 0 atom stereocenters. The Morgan fingerprint density at radius 1 is 1.14 bits per heavy atom. The van der Waals surface area contributed by atoms with Crippen molar-refractivity contribution in [3.05, 3.63) is 41.8 Å². The second-order valence-corrected chi connectivity index (χ2v) is 6.68. The number of hydrogen-bond acceptors (Lipinski definition) is 3. The van der Waals surface area contributed by atoms with Crippen molar-refractivity contribution in [2.24, 2.45) is 5.73 Å². The van der Waals surface area contributed by atoms with Crippen LogP contribution in [0.1, 0.15) is 32.1 Å². The summed E-state index contributed by atoms with van der Waals surface area (Å²) in [6.45, 7) is 0. The van der Waals surface area contributed by atoms with Gasteiger partial charge in [0.25, 0.3) is 0 Å². The normalized spacial score (nSPS) is 17.4. The average molecular weight is 300 g/mol. The quantitative estimate of drug-likeness (QED) is 0.899. The smallest absolute Gasteiger partial charge is 0.244 e. The molecule has 0 saturated heterocycles. The molecule has 0 bridgehead atoms. The van der Waals surface area contributed by atoms with Crippen molar-refractivity contribution in [2.45, 2.75) is 37.6 Å². The fourth-order valence-electron chi connectivity index (χ4n) is 2.86. The molecule has 0 spiro atoms. The summed E-state index contributed by atoms with van der Waals surface area (Å²) in [5, 5.41) is 5.05. The molecule has 4 heteroatoms. The van der Waals surface area contributed by atoms with Crippen molar-refractivity contribution < 1.29 is 4.79 Å². The van der Waals surface area contributed by atoms with E-state index < -0.39 is 5.54 Å². The summed E-state index contributed by atoms with van der Waals surface area (Å²) in [4.78, 5) is 13.7. The number of carbonyl (C=O) groups is 1. The molecule has 1 fully saturated rings. The summed E-state index contributed by atoms with van der Waals surface area (Å²) in [7, 11) is 0. The third kappa shape index (κ3) is 3.17. The Morgan fingerprint density at radius 2 is 1.95 bits per heavy atom. The van der Waals surface area contributed by atoms with E-state index in [1.807, 2.05) is 24.3 Å². The van der Waals surface area contributed by atoms with E-state index in [1.165, 1.54) is 11.3 Å². The molecule has 0 unspecified atom stereocenters. The van der Waals surface area contributed by atoms with E-state index in [0.29, 0.717) is 0 Å². The lowest BCUT2D eigenvalue weighted by molar-refractivity contribution is -0.122. The first-order valence-electron chi connectivity index (χ1n) is 7.42. The maximum Gasteiger partial charge on any atom is 0.244 e. The highest BCUT2D eigenvalue weighted by Crippen LogP contribution is 2.29. The van der Waals surface area contributed by atoms with Gasteiger partial charge in [-0.2, -0.15) is 0 Å². The van der Waals surface area contributed by atoms with Gasteiger partial charge in [-0.3, -0.25) is 4.79 Å². The molecule has 1 heterocycles. The third-order valence-electron chi connectivity index (χ3n) is 4.12. The van der Waals surface area contributed by atoms with Gasteiger partial charge in [-0.25, -0.2) is 0 Å². The van der Waals surface area contributed by atoms with E-state index in [1.54, 1.807) is 11.3 Å². The molecule has 0 radical (unpaired) electrons. The zero-order valence-electron chi connectivity index (χ0n) is 12.0. The first kappa shape index (κ1) is 14.3. The Hall–Kier alpha value is -1.65. The van der Waals surface area contributed by atoms with Crippen LogP contribution in [-0.2, 0) is 4.79 Å². The number of rotatable bonds is 3. The van der Waals surface area contributed by atoms with Crippen molar-refractivity contribution in [1.82, 2.24) is 0 Å². The predicted octanol–water partition coefficient (Wildman–Crippen LogP) is 4.02. The first-order valence-corrected chi connectivity index (χ1v) is 8.30. The summed E-state index contributed by atoms with van der Waals surface area (Å²) in [5.41, 5.74) is 7.52. The molecule has 3 nitrogen and oxygen atoms in total. The van der Waals surface area contributed by atoms with E-state index in [0.717, 1.165) is 36.9 Å². The highest BCUT2D eigenvalue weighted by atomic mass is 32.1. The number of carbonyl (C=O) groups excluding carboxylic acids is 1. The van der Waals surface area contributed by atoms with Crippen LogP contribution in [0.2, 0.25) is 0 Å². The molecule has 0 aliphatic heterocycles. The molecule has 1 amide bonds. The number of thiophene rings is 1. The molecule has 3 N–H and O–H groups in total. The summed E-state index contributed by atoms with van der Waals surface area (Å²) in [6, 6.07) is 12.1. The summed E-state index contributed by atoms with van der Waals surface area (Å²) in [6.07, 6.45) is 4.82. The van der Waals surface area contributed by atoms with E-state index in [9.17, 15) is 4.79 Å². The Kier molecular flexibility index (Phi) is 4.08. The lowest BCUT2D eigenvalue weighted by Gasteiger charge is -2.31. The molecular formula is C17H20N2OS. The number of amides is 1. The van der Waals surface area contributed by atoms with Gasteiger partial charge in [-0.15, -0.1) is 11.3 Å². The molecule has 3 rings (SSSR count). The van der Waals surface area contributed by atoms with E-state index in [-0.39, 0.29) is 5.91 Å². The Balaban J connectivity index is 1.76. The number of nitrogens with two attached hydrogens (primary N) is 1. The van der Waals surface area contributed by atoms with Crippen LogP contribution in [-0.4, -0.2) is 11.4 Å². The fraction of sp³-hybridized carbons (Fsp3) is 0.353. The Morgan fingerprint density at radius 3 is 2.67 bits per heavy atom. The molecule has 1 aromatic heterocycles. The van der Waals surface area contributed by atoms with Crippen molar-refractivity contribution in [1.29, 1.82) is 0 Å². The van der Waals surface area contributed by atoms with Crippen LogP contribution < -0.4 is 11.1 Å². The van der Waals surface area contributed by atoms with Crippen LogP contribution in [0.4, 0.5) is 5.69 Å². The number of benzene rings is 1. The second kappa shape index (κ2) is 6.00. The Labute approximate surface area is 129 Å². The van der Waals surface area contributed by atoms with Gasteiger partial charge in [0.05, 0.1) is 5.54 Å². The molecular weight excluding hydrogens is 280 g/mol. The van der Waals surface area contributed by atoms with Crippen molar-refractivity contribution in [3.63, 3.8) is 0 Å². The van der Waals surface area contributed by atoms with E-state index in [4.69, 9.17) is 5.73 Å². The third-order valence-corrected chi connectivity index (χ3v) is 5.04. The summed E-state index contributed by atoms with van der Waals surface area (Å²) in [5.74, 6) is -0.0504. The minimum atomic E-state index is -0.697. The number of nitrogens with one attached hydrogen (secondary N) is 1.